The number of likely N-dealkylation sites (tertiary alicyclic amines) is 2. The number of nitrogens with zero attached hydrogens (tertiary/aromatic N) is 3. The second kappa shape index (κ2) is 6.72. The van der Waals surface area contributed by atoms with Gasteiger partial charge in [-0.3, -0.25) is 19.5 Å². The average Bonchev–Trinajstić information content (AvgIpc) is 3.09. The van der Waals surface area contributed by atoms with Crippen molar-refractivity contribution in [1.82, 2.24) is 20.1 Å². The molecule has 3 aliphatic heterocycles. The van der Waals surface area contributed by atoms with Crippen molar-refractivity contribution in [3.8, 4) is 0 Å². The maximum Gasteiger partial charge on any atom is 0.253 e. The summed E-state index contributed by atoms with van der Waals surface area (Å²) in [5.74, 6) is 0.0732. The highest BCUT2D eigenvalue weighted by molar-refractivity contribution is 5.94. The van der Waals surface area contributed by atoms with Crippen LogP contribution in [0.3, 0.4) is 0 Å². The van der Waals surface area contributed by atoms with Crippen molar-refractivity contribution in [3.63, 3.8) is 0 Å². The number of pyridine rings is 1. The fraction of sp³-hybridized carbons (Fsp3) is 0.611. The molecule has 0 saturated carbocycles. The zero-order chi connectivity index (χ0) is 17.3. The number of carbonyl (C=O) groups excluding carboxylic acids is 2. The molecular formula is C18H24N4O3. The number of morpholine rings is 1. The van der Waals surface area contributed by atoms with E-state index in [0.29, 0.717) is 18.2 Å². The van der Waals surface area contributed by atoms with E-state index in [2.05, 4.69) is 15.2 Å². The minimum absolute atomic E-state index is 0.0213. The molecule has 3 fully saturated rings. The number of carbonyl (C=O) groups is 2. The van der Waals surface area contributed by atoms with E-state index < -0.39 is 0 Å². The van der Waals surface area contributed by atoms with Gasteiger partial charge in [0, 0.05) is 56.7 Å². The van der Waals surface area contributed by atoms with E-state index in [4.69, 9.17) is 4.74 Å². The highest BCUT2D eigenvalue weighted by Gasteiger charge is 2.44. The zero-order valence-electron chi connectivity index (χ0n) is 14.3. The van der Waals surface area contributed by atoms with Crippen LogP contribution in [0.4, 0.5) is 0 Å². The van der Waals surface area contributed by atoms with Crippen molar-refractivity contribution in [2.75, 3.05) is 39.3 Å². The summed E-state index contributed by atoms with van der Waals surface area (Å²) in [7, 11) is 0. The lowest BCUT2D eigenvalue weighted by molar-refractivity contribution is -0.142. The largest absolute Gasteiger partial charge is 0.362 e. The molecule has 0 bridgehead atoms. The summed E-state index contributed by atoms with van der Waals surface area (Å²) in [6.45, 7) is 4.23. The van der Waals surface area contributed by atoms with Gasteiger partial charge in [0.15, 0.2) is 0 Å². The fourth-order valence-electron chi connectivity index (χ4n) is 4.14. The van der Waals surface area contributed by atoms with Gasteiger partial charge >= 0.3 is 0 Å². The summed E-state index contributed by atoms with van der Waals surface area (Å²) in [6.07, 6.45) is 6.25. The average molecular weight is 344 g/mol. The van der Waals surface area contributed by atoms with Crippen LogP contribution in [0.1, 0.15) is 29.6 Å². The van der Waals surface area contributed by atoms with Gasteiger partial charge in [-0.1, -0.05) is 0 Å². The number of hydrogen-bond donors (Lipinski definition) is 1. The molecule has 1 aromatic rings. The third kappa shape index (κ3) is 3.39. The van der Waals surface area contributed by atoms with Crippen molar-refractivity contribution >= 4 is 11.8 Å². The number of aromatic nitrogens is 1. The Morgan fingerprint density at radius 2 is 2.00 bits per heavy atom. The highest BCUT2D eigenvalue weighted by Crippen LogP contribution is 2.31. The van der Waals surface area contributed by atoms with Crippen molar-refractivity contribution < 1.29 is 14.3 Å². The lowest BCUT2D eigenvalue weighted by Gasteiger charge is -2.38. The monoisotopic (exact) mass is 344 g/mol. The lowest BCUT2D eigenvalue weighted by atomic mass is 10.0. The third-order valence-electron chi connectivity index (χ3n) is 5.66. The third-order valence-corrected chi connectivity index (χ3v) is 5.66. The first-order valence-electron chi connectivity index (χ1n) is 8.99. The molecule has 1 atom stereocenters. The van der Waals surface area contributed by atoms with Gasteiger partial charge in [-0.15, -0.1) is 0 Å². The standard InChI is InChI=1S/C18H24N4O3/c23-16-11-25-18(12-20-16)5-10-22(13-18)15-3-8-21(9-4-15)17(24)14-1-6-19-7-2-14/h1-2,6-7,15H,3-5,8-13H2,(H,20,23). The molecule has 1 aromatic heterocycles. The van der Waals surface area contributed by atoms with E-state index in [1.165, 1.54) is 0 Å². The Morgan fingerprint density at radius 3 is 2.68 bits per heavy atom. The summed E-state index contributed by atoms with van der Waals surface area (Å²) in [4.78, 5) is 32.2. The maximum absolute atomic E-state index is 12.5. The van der Waals surface area contributed by atoms with E-state index in [0.717, 1.165) is 45.4 Å². The maximum atomic E-state index is 12.5. The van der Waals surface area contributed by atoms with Gasteiger partial charge in [0.25, 0.3) is 5.91 Å². The molecule has 3 saturated heterocycles. The molecule has 1 N–H and O–H groups in total. The molecule has 7 nitrogen and oxygen atoms in total. The molecule has 4 heterocycles. The number of piperidine rings is 1. The normalized spacial score (nSPS) is 28.3. The Hall–Kier alpha value is -1.99. The van der Waals surface area contributed by atoms with E-state index >= 15 is 0 Å². The number of nitrogens with one attached hydrogen (secondary N) is 1. The molecule has 0 aliphatic carbocycles. The SMILES string of the molecule is O=C1COC2(CCN(C3CCN(C(=O)c4ccncc4)CC3)C2)CN1. The van der Waals surface area contributed by atoms with Crippen LogP contribution in [0.15, 0.2) is 24.5 Å². The van der Waals surface area contributed by atoms with Crippen LogP contribution >= 0.6 is 0 Å². The quantitative estimate of drug-likeness (QED) is 0.834. The second-order valence-corrected chi connectivity index (χ2v) is 7.23. The van der Waals surface area contributed by atoms with E-state index in [9.17, 15) is 9.59 Å². The molecule has 0 radical (unpaired) electrons. The first-order valence-corrected chi connectivity index (χ1v) is 8.99. The van der Waals surface area contributed by atoms with Gasteiger partial charge in [0.05, 0.1) is 5.60 Å². The molecule has 4 rings (SSSR count). The summed E-state index contributed by atoms with van der Waals surface area (Å²) in [5.41, 5.74) is 0.498. The van der Waals surface area contributed by atoms with Crippen molar-refractivity contribution in [3.05, 3.63) is 30.1 Å². The van der Waals surface area contributed by atoms with Gasteiger partial charge in [0.1, 0.15) is 6.61 Å². The Balaban J connectivity index is 1.31. The molecule has 1 unspecified atom stereocenters. The van der Waals surface area contributed by atoms with Crippen molar-refractivity contribution in [2.24, 2.45) is 0 Å². The Bertz CT molecular complexity index is 633. The number of amides is 2. The van der Waals surface area contributed by atoms with Crippen LogP contribution in [0.25, 0.3) is 0 Å². The van der Waals surface area contributed by atoms with E-state index in [1.807, 2.05) is 4.90 Å². The Kier molecular flexibility index (Phi) is 4.43. The topological polar surface area (TPSA) is 74.8 Å². The van der Waals surface area contributed by atoms with Crippen LogP contribution in [0, 0.1) is 0 Å². The summed E-state index contributed by atoms with van der Waals surface area (Å²) in [6, 6.07) is 4.03. The minimum Gasteiger partial charge on any atom is -0.362 e. The smallest absolute Gasteiger partial charge is 0.253 e. The van der Waals surface area contributed by atoms with E-state index in [1.54, 1.807) is 24.5 Å². The van der Waals surface area contributed by atoms with Gasteiger partial charge in [0.2, 0.25) is 5.91 Å². The molecule has 1 spiro atoms. The molecule has 7 heteroatoms. The molecule has 134 valence electrons. The van der Waals surface area contributed by atoms with Gasteiger partial charge in [-0.05, 0) is 31.4 Å². The van der Waals surface area contributed by atoms with Crippen LogP contribution in [-0.4, -0.2) is 77.6 Å². The molecule has 2 amide bonds. The van der Waals surface area contributed by atoms with Crippen LogP contribution in [0.2, 0.25) is 0 Å². The molecule has 25 heavy (non-hydrogen) atoms. The predicted molar refractivity (Wildman–Crippen MR) is 91.0 cm³/mol. The van der Waals surface area contributed by atoms with Gasteiger partial charge < -0.3 is 15.0 Å². The van der Waals surface area contributed by atoms with Crippen molar-refractivity contribution in [1.29, 1.82) is 0 Å². The fourth-order valence-corrected chi connectivity index (χ4v) is 4.14. The lowest BCUT2D eigenvalue weighted by Crippen LogP contribution is -2.55. The highest BCUT2D eigenvalue weighted by atomic mass is 16.5. The molecule has 3 aliphatic rings. The van der Waals surface area contributed by atoms with Crippen LogP contribution in [-0.2, 0) is 9.53 Å². The van der Waals surface area contributed by atoms with Crippen LogP contribution in [0.5, 0.6) is 0 Å². The van der Waals surface area contributed by atoms with Crippen LogP contribution < -0.4 is 5.32 Å². The summed E-state index contributed by atoms with van der Waals surface area (Å²) in [5, 5.41) is 2.93. The van der Waals surface area contributed by atoms with E-state index in [-0.39, 0.29) is 24.0 Å². The first kappa shape index (κ1) is 16.5. The summed E-state index contributed by atoms with van der Waals surface area (Å²) >= 11 is 0. The summed E-state index contributed by atoms with van der Waals surface area (Å²) < 4.78 is 5.85. The van der Waals surface area contributed by atoms with Gasteiger partial charge in [-0.2, -0.15) is 0 Å². The number of hydrogen-bond acceptors (Lipinski definition) is 5. The zero-order valence-corrected chi connectivity index (χ0v) is 14.3. The number of rotatable bonds is 2. The number of ether oxygens (including phenoxy) is 1. The Morgan fingerprint density at radius 1 is 1.24 bits per heavy atom. The molecular weight excluding hydrogens is 320 g/mol. The predicted octanol–water partition coefficient (Wildman–Crippen LogP) is 0.277. The minimum atomic E-state index is -0.210. The van der Waals surface area contributed by atoms with Gasteiger partial charge in [-0.25, -0.2) is 0 Å². The Labute approximate surface area is 147 Å². The second-order valence-electron chi connectivity index (χ2n) is 7.23. The first-order chi connectivity index (χ1) is 12.2. The van der Waals surface area contributed by atoms with Crippen molar-refractivity contribution in [2.45, 2.75) is 30.9 Å². The molecule has 0 aromatic carbocycles.